The normalized spacial score (nSPS) is 14.6. The third kappa shape index (κ3) is 29.0. The van der Waals surface area contributed by atoms with Crippen LogP contribution in [-0.2, 0) is 66.7 Å². The van der Waals surface area contributed by atoms with Gasteiger partial charge in [-0.2, -0.15) is 0 Å². The molecule has 0 aliphatic carbocycles. The molecule has 22 heteroatoms. The maximum atomic E-state index is 12.3. The molecule has 6 unspecified atom stereocenters. The molecule has 8 N–H and O–H groups in total. The van der Waals surface area contributed by atoms with Crippen LogP contribution in [0.3, 0.4) is 0 Å². The van der Waals surface area contributed by atoms with Gasteiger partial charge in [-0.25, -0.2) is 0 Å². The van der Waals surface area contributed by atoms with E-state index in [2.05, 4.69) is 4.74 Å². The van der Waals surface area contributed by atoms with Crippen molar-refractivity contribution in [1.29, 1.82) is 0 Å². The summed E-state index contributed by atoms with van der Waals surface area (Å²) in [5.74, 6) is -5.60. The Kier molecular flexibility index (Phi) is 27.9. The summed E-state index contributed by atoms with van der Waals surface area (Å²) in [6, 6.07) is 0. The van der Waals surface area contributed by atoms with Crippen LogP contribution in [0.1, 0.15) is 38.5 Å². The van der Waals surface area contributed by atoms with Gasteiger partial charge in [-0.15, -0.1) is 0 Å². The maximum absolute atomic E-state index is 12.3. The van der Waals surface area contributed by atoms with Gasteiger partial charge in [0, 0.05) is 0 Å². The summed E-state index contributed by atoms with van der Waals surface area (Å²) in [7, 11) is 0. The highest BCUT2D eigenvalue weighted by atomic mass is 16.6. The average molecular weight is 763 g/mol. The number of carboxylic acid groups (broad SMARTS) is 1. The predicted molar refractivity (Wildman–Crippen MR) is 166 cm³/mol. The lowest BCUT2D eigenvalue weighted by Gasteiger charge is -2.19. The Hall–Kier alpha value is -3.58. The van der Waals surface area contributed by atoms with Crippen molar-refractivity contribution in [2.45, 2.75) is 75.1 Å². The molecular formula is C30H50O22. The number of carbonyl (C=O) groups excluding carboxylic acids is 5. The first-order valence-corrected chi connectivity index (χ1v) is 16.0. The van der Waals surface area contributed by atoms with Crippen LogP contribution in [0, 0.1) is 0 Å². The molecule has 0 aromatic carbocycles. The maximum Gasteiger partial charge on any atom is 0.306 e. The van der Waals surface area contributed by atoms with Gasteiger partial charge < -0.3 is 78.7 Å². The first-order valence-electron chi connectivity index (χ1n) is 16.0. The summed E-state index contributed by atoms with van der Waals surface area (Å²) in [6.07, 6.45) is -10.1. The van der Waals surface area contributed by atoms with Gasteiger partial charge in [-0.05, 0) is 0 Å². The number of esters is 5. The molecule has 302 valence electrons. The Morgan fingerprint density at radius 1 is 0.385 bits per heavy atom. The molecule has 52 heavy (non-hydrogen) atoms. The van der Waals surface area contributed by atoms with Crippen LogP contribution in [0.4, 0.5) is 0 Å². The molecule has 0 saturated carbocycles. The number of hydrogen-bond acceptors (Lipinski definition) is 21. The van der Waals surface area contributed by atoms with Crippen LogP contribution in [0.2, 0.25) is 0 Å². The number of hydrogen-bond donors (Lipinski definition) is 8. The Labute approximate surface area is 298 Å². The fourth-order valence-corrected chi connectivity index (χ4v) is 3.29. The van der Waals surface area contributed by atoms with Crippen molar-refractivity contribution in [2.24, 2.45) is 0 Å². The van der Waals surface area contributed by atoms with Crippen molar-refractivity contribution in [3.05, 3.63) is 0 Å². The second-order valence-electron chi connectivity index (χ2n) is 11.0. The molecule has 0 radical (unpaired) electrons. The van der Waals surface area contributed by atoms with Crippen LogP contribution in [-0.4, -0.2) is 193 Å². The molecule has 0 amide bonds. The van der Waals surface area contributed by atoms with Crippen molar-refractivity contribution < 1.29 is 108 Å². The van der Waals surface area contributed by atoms with Crippen molar-refractivity contribution >= 4 is 35.8 Å². The molecule has 0 saturated heterocycles. The summed E-state index contributed by atoms with van der Waals surface area (Å²) in [6.45, 7) is -5.21. The van der Waals surface area contributed by atoms with E-state index >= 15 is 0 Å². The molecule has 0 aliphatic heterocycles. The second-order valence-corrected chi connectivity index (χ2v) is 11.0. The Morgan fingerprint density at radius 2 is 0.692 bits per heavy atom. The predicted octanol–water partition coefficient (Wildman–Crippen LogP) is -4.66. The van der Waals surface area contributed by atoms with E-state index in [0.717, 1.165) is 0 Å². The van der Waals surface area contributed by atoms with Gasteiger partial charge in [-0.3, -0.25) is 28.8 Å². The highest BCUT2D eigenvalue weighted by molar-refractivity contribution is 5.78. The highest BCUT2D eigenvalue weighted by Gasteiger charge is 2.21. The molecule has 0 heterocycles. The second kappa shape index (κ2) is 29.9. The fourth-order valence-electron chi connectivity index (χ4n) is 3.29. The molecule has 0 aromatic heterocycles. The summed E-state index contributed by atoms with van der Waals surface area (Å²) < 4.78 is 39.7. The Bertz CT molecular complexity index is 1040. The fraction of sp³-hybridized carbons (Fsp3) is 0.800. The van der Waals surface area contributed by atoms with E-state index in [-0.39, 0.29) is 39.5 Å². The monoisotopic (exact) mass is 762 g/mol. The summed E-state index contributed by atoms with van der Waals surface area (Å²) in [4.78, 5) is 70.1. The molecule has 6 atom stereocenters. The van der Waals surface area contributed by atoms with Gasteiger partial charge in [-0.1, -0.05) is 0 Å². The van der Waals surface area contributed by atoms with E-state index in [0.29, 0.717) is 0 Å². The molecule has 0 spiro atoms. The zero-order chi connectivity index (χ0) is 39.3. The third-order valence-corrected chi connectivity index (χ3v) is 5.92. The largest absolute Gasteiger partial charge is 0.481 e. The number of carboxylic acids is 1. The lowest BCUT2D eigenvalue weighted by molar-refractivity contribution is -0.165. The van der Waals surface area contributed by atoms with Crippen LogP contribution in [0.25, 0.3) is 0 Å². The zero-order valence-electron chi connectivity index (χ0n) is 28.5. The minimum absolute atomic E-state index is 0.248. The number of aliphatic carboxylic acids is 1. The standard InChI is InChI=1S/C30H50O22/c31-7-19(33)9-45-11-21(35)15-50-28(42)5-6-30(44)52-24(17-47-10-20(34)8-32)18-51-29(43)4-3-27(41)49-16-23(37)13-46-12-22(36)14-48-26(40)2-1-25(38)39/h19-24,31-37H,1-18H2,(H,38,39). The molecule has 0 fully saturated rings. The van der Waals surface area contributed by atoms with Gasteiger partial charge in [0.1, 0.15) is 56.9 Å². The topological polar surface area (TPSA) is 338 Å². The molecule has 0 rings (SSSR count). The molecule has 22 nitrogen and oxygen atoms in total. The van der Waals surface area contributed by atoms with Gasteiger partial charge in [0.25, 0.3) is 0 Å². The van der Waals surface area contributed by atoms with E-state index < -0.39 is 151 Å². The van der Waals surface area contributed by atoms with E-state index in [1.807, 2.05) is 0 Å². The Morgan fingerprint density at radius 3 is 1.06 bits per heavy atom. The molecule has 0 aliphatic rings. The average Bonchev–Trinajstić information content (AvgIpc) is 3.11. The van der Waals surface area contributed by atoms with Crippen LogP contribution >= 0.6 is 0 Å². The zero-order valence-corrected chi connectivity index (χ0v) is 28.5. The molecule has 0 aromatic rings. The van der Waals surface area contributed by atoms with Gasteiger partial charge >= 0.3 is 35.8 Å². The smallest absolute Gasteiger partial charge is 0.306 e. The van der Waals surface area contributed by atoms with Crippen LogP contribution in [0.15, 0.2) is 0 Å². The number of aliphatic hydroxyl groups is 7. The number of carbonyl (C=O) groups is 6. The summed E-state index contributed by atoms with van der Waals surface area (Å²) >= 11 is 0. The van der Waals surface area contributed by atoms with E-state index in [4.69, 9.17) is 48.5 Å². The first-order chi connectivity index (χ1) is 24.6. The van der Waals surface area contributed by atoms with E-state index in [9.17, 15) is 54.3 Å². The minimum Gasteiger partial charge on any atom is -0.481 e. The minimum atomic E-state index is -1.31. The van der Waals surface area contributed by atoms with Crippen molar-refractivity contribution in [3.8, 4) is 0 Å². The number of rotatable bonds is 32. The van der Waals surface area contributed by atoms with Gasteiger partial charge in [0.15, 0.2) is 6.10 Å². The van der Waals surface area contributed by atoms with Gasteiger partial charge in [0.2, 0.25) is 0 Å². The Balaban J connectivity index is 4.46. The lowest BCUT2D eigenvalue weighted by atomic mass is 10.3. The van der Waals surface area contributed by atoms with Crippen molar-refractivity contribution in [2.75, 3.05) is 79.3 Å². The summed E-state index contributed by atoms with van der Waals surface area (Å²) in [5, 5.41) is 74.1. The highest BCUT2D eigenvalue weighted by Crippen LogP contribution is 2.06. The van der Waals surface area contributed by atoms with E-state index in [1.54, 1.807) is 0 Å². The summed E-state index contributed by atoms with van der Waals surface area (Å²) in [5.41, 5.74) is 0. The van der Waals surface area contributed by atoms with Crippen LogP contribution < -0.4 is 0 Å². The van der Waals surface area contributed by atoms with Crippen LogP contribution in [0.5, 0.6) is 0 Å². The van der Waals surface area contributed by atoms with E-state index in [1.165, 1.54) is 0 Å². The van der Waals surface area contributed by atoms with Crippen molar-refractivity contribution in [1.82, 2.24) is 0 Å². The molecule has 0 bridgehead atoms. The first kappa shape index (κ1) is 48.4. The lowest BCUT2D eigenvalue weighted by Crippen LogP contribution is -2.32. The SMILES string of the molecule is O=C(O)CCC(=O)OCC(O)COCC(O)COC(=O)CCC(=O)OCC(COCC(O)CO)OC(=O)CCC(=O)OCC(O)COCC(O)CO. The molecular weight excluding hydrogens is 712 g/mol. The number of aliphatic hydroxyl groups excluding tert-OH is 7. The number of ether oxygens (including phenoxy) is 8. The third-order valence-electron chi connectivity index (χ3n) is 5.92. The van der Waals surface area contributed by atoms with Crippen molar-refractivity contribution in [3.63, 3.8) is 0 Å². The quantitative estimate of drug-likeness (QED) is 0.0236. The van der Waals surface area contributed by atoms with Gasteiger partial charge in [0.05, 0.1) is 91.4 Å².